The summed E-state index contributed by atoms with van der Waals surface area (Å²) in [6, 6.07) is 5.36. The molecule has 3 rings (SSSR count). The molecule has 0 saturated heterocycles. The lowest BCUT2D eigenvalue weighted by Crippen LogP contribution is -1.94. The molecule has 2 N–H and O–H groups in total. The van der Waals surface area contributed by atoms with Crippen LogP contribution in [0.25, 0.3) is 22.5 Å². The van der Waals surface area contributed by atoms with Crippen molar-refractivity contribution in [2.45, 2.75) is 0 Å². The number of aromatic nitrogens is 3. The number of anilines is 1. The van der Waals surface area contributed by atoms with Crippen LogP contribution in [0.4, 0.5) is 14.7 Å². The van der Waals surface area contributed by atoms with Crippen molar-refractivity contribution in [3.8, 4) is 22.5 Å². The van der Waals surface area contributed by atoms with Crippen molar-refractivity contribution in [1.29, 1.82) is 0 Å². The number of benzene rings is 1. The summed E-state index contributed by atoms with van der Waals surface area (Å²) in [7, 11) is 0. The summed E-state index contributed by atoms with van der Waals surface area (Å²) in [4.78, 5) is 7.79. The molecule has 0 fully saturated rings. The van der Waals surface area contributed by atoms with Crippen LogP contribution in [0.15, 0.2) is 41.3 Å². The highest BCUT2D eigenvalue weighted by molar-refractivity contribution is 5.85. The molecule has 20 heavy (non-hydrogen) atoms. The quantitative estimate of drug-likeness (QED) is 0.777. The van der Waals surface area contributed by atoms with Crippen LogP contribution in [0.3, 0.4) is 0 Å². The number of halogens is 2. The fourth-order valence-corrected chi connectivity index (χ4v) is 1.86. The smallest absolute Gasteiger partial charge is 0.232 e. The van der Waals surface area contributed by atoms with Gasteiger partial charge in [0.2, 0.25) is 5.88 Å². The largest absolute Gasteiger partial charge is 0.367 e. The molecule has 1 aromatic carbocycles. The molecule has 3 aromatic rings. The third-order valence-electron chi connectivity index (χ3n) is 2.76. The van der Waals surface area contributed by atoms with Crippen molar-refractivity contribution in [2.75, 3.05) is 5.73 Å². The Balaban J connectivity index is 2.24. The fraction of sp³-hybridized carbons (Fsp3) is 0. The second kappa shape index (κ2) is 4.69. The van der Waals surface area contributed by atoms with Gasteiger partial charge in [0, 0.05) is 11.8 Å². The summed E-state index contributed by atoms with van der Waals surface area (Å²) in [5.41, 5.74) is 6.46. The lowest BCUT2D eigenvalue weighted by atomic mass is 10.0. The zero-order valence-electron chi connectivity index (χ0n) is 10.0. The lowest BCUT2D eigenvalue weighted by molar-refractivity contribution is 0.438. The Kier molecular flexibility index (Phi) is 2.86. The highest BCUT2D eigenvalue weighted by atomic mass is 19.2. The van der Waals surface area contributed by atoms with Crippen LogP contribution in [0, 0.1) is 11.6 Å². The Hall–Kier alpha value is -2.83. The van der Waals surface area contributed by atoms with Gasteiger partial charge in [-0.1, -0.05) is 11.2 Å². The van der Waals surface area contributed by atoms with Crippen molar-refractivity contribution in [2.24, 2.45) is 0 Å². The topological polar surface area (TPSA) is 77.8 Å². The van der Waals surface area contributed by atoms with E-state index in [0.717, 1.165) is 6.07 Å². The van der Waals surface area contributed by atoms with E-state index >= 15 is 0 Å². The van der Waals surface area contributed by atoms with Crippen LogP contribution in [0.5, 0.6) is 0 Å². The molecule has 0 bridgehead atoms. The van der Waals surface area contributed by atoms with Gasteiger partial charge in [0.05, 0.1) is 11.3 Å². The van der Waals surface area contributed by atoms with Gasteiger partial charge < -0.3 is 10.3 Å². The van der Waals surface area contributed by atoms with Crippen LogP contribution >= 0.6 is 0 Å². The Bertz CT molecular complexity index is 758. The van der Waals surface area contributed by atoms with Gasteiger partial charge in [0.25, 0.3) is 0 Å². The molecule has 7 heteroatoms. The minimum atomic E-state index is -1.02. The van der Waals surface area contributed by atoms with E-state index in [0.29, 0.717) is 11.3 Å². The monoisotopic (exact) mass is 274 g/mol. The first-order valence-corrected chi connectivity index (χ1v) is 5.64. The summed E-state index contributed by atoms with van der Waals surface area (Å²) in [5, 5.41) is 3.70. The first kappa shape index (κ1) is 12.2. The highest BCUT2D eigenvalue weighted by Crippen LogP contribution is 2.36. The standard InChI is InChI=1S/C13H8F2N4O/c14-8-3-1-2-7(11(8)15)12-10(13(16)20-19-12)9-4-5-17-6-18-9/h1-6H,16H2. The molecule has 0 aliphatic carbocycles. The second-order valence-electron chi connectivity index (χ2n) is 3.97. The fourth-order valence-electron chi connectivity index (χ4n) is 1.86. The van der Waals surface area contributed by atoms with Gasteiger partial charge in [-0.2, -0.15) is 0 Å². The first-order chi connectivity index (χ1) is 9.68. The Morgan fingerprint density at radius 3 is 2.75 bits per heavy atom. The third-order valence-corrected chi connectivity index (χ3v) is 2.76. The summed E-state index contributed by atoms with van der Waals surface area (Å²) in [5.74, 6) is -2.02. The molecule has 0 atom stereocenters. The maximum absolute atomic E-state index is 13.9. The van der Waals surface area contributed by atoms with Crippen molar-refractivity contribution >= 4 is 5.88 Å². The van der Waals surface area contributed by atoms with E-state index in [1.54, 1.807) is 6.07 Å². The van der Waals surface area contributed by atoms with E-state index in [9.17, 15) is 8.78 Å². The SMILES string of the molecule is Nc1onc(-c2cccc(F)c2F)c1-c1ccncn1. The number of rotatable bonds is 2. The molecule has 0 amide bonds. The van der Waals surface area contributed by atoms with E-state index in [2.05, 4.69) is 15.1 Å². The van der Waals surface area contributed by atoms with Gasteiger partial charge in [0.15, 0.2) is 11.6 Å². The van der Waals surface area contributed by atoms with E-state index in [4.69, 9.17) is 10.3 Å². The Labute approximate surface area is 112 Å². The predicted octanol–water partition coefficient (Wildman–Crippen LogP) is 2.66. The number of nitrogen functional groups attached to an aromatic ring is 1. The van der Waals surface area contributed by atoms with Crippen molar-refractivity contribution < 1.29 is 13.3 Å². The van der Waals surface area contributed by atoms with E-state index < -0.39 is 11.6 Å². The molecule has 0 saturated carbocycles. The van der Waals surface area contributed by atoms with E-state index in [1.807, 2.05) is 0 Å². The molecule has 0 radical (unpaired) electrons. The molecule has 0 spiro atoms. The van der Waals surface area contributed by atoms with Gasteiger partial charge in [-0.25, -0.2) is 18.7 Å². The van der Waals surface area contributed by atoms with Crippen LogP contribution in [-0.4, -0.2) is 15.1 Å². The van der Waals surface area contributed by atoms with Crippen molar-refractivity contribution in [1.82, 2.24) is 15.1 Å². The number of nitrogens with two attached hydrogens (primary N) is 1. The molecule has 0 aliphatic heterocycles. The van der Waals surface area contributed by atoms with Gasteiger partial charge >= 0.3 is 0 Å². The van der Waals surface area contributed by atoms with Gasteiger partial charge in [-0.15, -0.1) is 0 Å². The van der Waals surface area contributed by atoms with Crippen LogP contribution < -0.4 is 5.73 Å². The molecule has 0 aliphatic rings. The highest BCUT2D eigenvalue weighted by Gasteiger charge is 2.22. The summed E-state index contributed by atoms with van der Waals surface area (Å²) >= 11 is 0. The summed E-state index contributed by atoms with van der Waals surface area (Å²) in [6.07, 6.45) is 2.81. The number of nitrogens with zero attached hydrogens (tertiary/aromatic N) is 3. The minimum absolute atomic E-state index is 0.0256. The van der Waals surface area contributed by atoms with E-state index in [1.165, 1.54) is 24.7 Å². The van der Waals surface area contributed by atoms with Crippen molar-refractivity contribution in [3.05, 3.63) is 48.4 Å². The lowest BCUT2D eigenvalue weighted by Gasteiger charge is -2.03. The normalized spacial score (nSPS) is 10.7. The van der Waals surface area contributed by atoms with Crippen LogP contribution in [0.2, 0.25) is 0 Å². The molecular formula is C13H8F2N4O. The number of hydrogen-bond donors (Lipinski definition) is 1. The van der Waals surface area contributed by atoms with Crippen LogP contribution in [-0.2, 0) is 0 Å². The molecule has 5 nitrogen and oxygen atoms in total. The summed E-state index contributed by atoms with van der Waals surface area (Å²) in [6.45, 7) is 0. The molecule has 2 aromatic heterocycles. The first-order valence-electron chi connectivity index (χ1n) is 5.64. The van der Waals surface area contributed by atoms with Gasteiger partial charge in [-0.05, 0) is 18.2 Å². The second-order valence-corrected chi connectivity index (χ2v) is 3.97. The molecule has 100 valence electrons. The summed E-state index contributed by atoms with van der Waals surface area (Å²) < 4.78 is 32.1. The Morgan fingerprint density at radius 2 is 2.00 bits per heavy atom. The maximum atomic E-state index is 13.9. The number of hydrogen-bond acceptors (Lipinski definition) is 5. The Morgan fingerprint density at radius 1 is 1.15 bits per heavy atom. The van der Waals surface area contributed by atoms with Gasteiger partial charge in [0.1, 0.15) is 12.0 Å². The molecular weight excluding hydrogens is 266 g/mol. The van der Waals surface area contributed by atoms with Crippen LogP contribution in [0.1, 0.15) is 0 Å². The van der Waals surface area contributed by atoms with E-state index in [-0.39, 0.29) is 17.1 Å². The maximum Gasteiger partial charge on any atom is 0.232 e. The average Bonchev–Trinajstić information content (AvgIpc) is 2.84. The third kappa shape index (κ3) is 1.89. The zero-order chi connectivity index (χ0) is 14.1. The average molecular weight is 274 g/mol. The van der Waals surface area contributed by atoms with Crippen molar-refractivity contribution in [3.63, 3.8) is 0 Å². The predicted molar refractivity (Wildman–Crippen MR) is 67.3 cm³/mol. The molecule has 2 heterocycles. The minimum Gasteiger partial charge on any atom is -0.367 e. The zero-order valence-corrected chi connectivity index (χ0v) is 10.0. The molecule has 0 unspecified atom stereocenters. The van der Waals surface area contributed by atoms with Gasteiger partial charge in [-0.3, -0.25) is 0 Å².